The Morgan fingerprint density at radius 2 is 1.19 bits per heavy atom. The summed E-state index contributed by atoms with van der Waals surface area (Å²) in [4.78, 5) is 53.1. The number of imidazole rings is 2. The Hall–Kier alpha value is -7.52. The van der Waals surface area contributed by atoms with Gasteiger partial charge in [0.15, 0.2) is 11.8 Å². The minimum absolute atomic E-state index is 0. The summed E-state index contributed by atoms with van der Waals surface area (Å²) in [5.74, 6) is 0.140. The second kappa shape index (κ2) is 23.2. The number of amides is 2. The normalized spacial score (nSPS) is 14.0. The van der Waals surface area contributed by atoms with Crippen LogP contribution in [0.25, 0.3) is 40.1 Å². The molecule has 0 saturated carbocycles. The first kappa shape index (κ1) is 51.9. The van der Waals surface area contributed by atoms with Crippen LogP contribution < -0.4 is 16.0 Å². The number of aryl methyl sites for hydroxylation is 4. The van der Waals surface area contributed by atoms with Crippen LogP contribution in [0.15, 0.2) is 89.0 Å². The molecule has 8 heterocycles. The quantitative estimate of drug-likeness (QED) is 0.124. The van der Waals surface area contributed by atoms with Crippen molar-refractivity contribution in [3.63, 3.8) is 0 Å². The number of anilines is 2. The summed E-state index contributed by atoms with van der Waals surface area (Å²) in [7, 11) is 0. The van der Waals surface area contributed by atoms with Gasteiger partial charge in [-0.25, -0.2) is 38.7 Å². The van der Waals surface area contributed by atoms with Crippen LogP contribution in [0.5, 0.6) is 0 Å². The molecule has 2 amide bonds. The minimum Gasteiger partial charge on any atom is -0.436 e. The molecule has 0 spiro atoms. The monoisotopic (exact) mass is 960 g/mol. The summed E-state index contributed by atoms with van der Waals surface area (Å²) in [5.41, 5.74) is 4.98. The number of nitrogens with zero attached hydrogens (tertiary/aromatic N) is 9. The summed E-state index contributed by atoms with van der Waals surface area (Å²) >= 11 is 0. The van der Waals surface area contributed by atoms with E-state index in [2.05, 4.69) is 64.3 Å². The third kappa shape index (κ3) is 12.2. The number of benzene rings is 2. The lowest BCUT2D eigenvalue weighted by Crippen LogP contribution is -2.38. The summed E-state index contributed by atoms with van der Waals surface area (Å²) in [6, 6.07) is 8.77. The summed E-state index contributed by atoms with van der Waals surface area (Å²) in [5, 5.41) is 8.60. The number of oxazole rings is 2. The zero-order valence-corrected chi connectivity index (χ0v) is 38.2. The predicted octanol–water partition coefficient (Wildman–Crippen LogP) is 8.70. The highest BCUT2D eigenvalue weighted by Crippen LogP contribution is 2.29. The van der Waals surface area contributed by atoms with E-state index in [0.29, 0.717) is 57.5 Å². The van der Waals surface area contributed by atoms with Crippen LogP contribution in [0, 0.1) is 39.3 Å². The van der Waals surface area contributed by atoms with Crippen molar-refractivity contribution in [2.45, 2.75) is 55.5 Å². The Balaban J connectivity index is 0.000000202. The number of carbonyl (C=O) groups excluding carboxylic acids is 2. The highest BCUT2D eigenvalue weighted by molar-refractivity contribution is 6.04. The van der Waals surface area contributed by atoms with E-state index in [1.807, 2.05) is 6.20 Å². The van der Waals surface area contributed by atoms with Crippen LogP contribution in [0.2, 0.25) is 0 Å². The van der Waals surface area contributed by atoms with Gasteiger partial charge in [0.25, 0.3) is 11.8 Å². The molecule has 8 aromatic rings. The number of morpholine rings is 2. The molecule has 2 fully saturated rings. The van der Waals surface area contributed by atoms with Crippen LogP contribution in [0.1, 0.15) is 83.2 Å². The number of ether oxygens (including phenoxy) is 2. The van der Waals surface area contributed by atoms with E-state index >= 15 is 0 Å². The standard InChI is InChI=1S/C24H25FN6O3.C20H16FN5O2.C4H9NO.2CH4/c1-14-22(34-16(3)27-14)23(32)28-18-4-5-20(25)19(10-18)21-13-31-12-17(11-26-24(31)29-21)15(2)30-6-8-33-9-7-30;1-4-13-8-22-20-25-17(10-26(20)9-13)15-7-14(5-6-16(15)21)24-19(27)18-11(2)23-12(3)28-18;1-3-6-4-2-5-1;;/h4-5,10-13,15H,6-9H2,1-3H3,(H,28,32);4-10H,1H2,2-3H3,(H,24,27);5H,1-4H2;2*1H4. The second-order valence-corrected chi connectivity index (χ2v) is 15.9. The Labute approximate surface area is 404 Å². The van der Waals surface area contributed by atoms with E-state index in [9.17, 15) is 18.4 Å². The van der Waals surface area contributed by atoms with Gasteiger partial charge >= 0.3 is 0 Å². The Morgan fingerprint density at radius 3 is 1.63 bits per heavy atom. The number of hydrogen-bond donors (Lipinski definition) is 3. The number of rotatable bonds is 9. The largest absolute Gasteiger partial charge is 0.436 e. The van der Waals surface area contributed by atoms with Crippen LogP contribution in [0.3, 0.4) is 0 Å². The molecule has 2 aromatic carbocycles. The lowest BCUT2D eigenvalue weighted by molar-refractivity contribution is 0.0197. The summed E-state index contributed by atoms with van der Waals surface area (Å²) in [6.07, 6.45) is 12.3. The number of hydrogen-bond acceptors (Lipinski definition) is 14. The lowest BCUT2D eigenvalue weighted by Gasteiger charge is -2.32. The molecule has 0 aliphatic carbocycles. The van der Waals surface area contributed by atoms with Crippen LogP contribution in [0.4, 0.5) is 20.2 Å². The SMILES string of the molecule is C.C.C1COCCN1.C=Cc1cnc2nc(-c3cc(NC(=O)c4oc(C)nc4C)ccc3F)cn2c1.Cc1nc(C)c(C(=O)Nc2ccc(F)c(-c3cn4cc(C(C)N5CCOCC5)cnc4n3)c2)o1. The van der Waals surface area contributed by atoms with Gasteiger partial charge in [0.05, 0.1) is 49.2 Å². The van der Waals surface area contributed by atoms with Gasteiger partial charge in [-0.1, -0.05) is 27.5 Å². The molecular weight excluding hydrogens is 903 g/mol. The van der Waals surface area contributed by atoms with Crippen LogP contribution >= 0.6 is 0 Å². The first-order chi connectivity index (χ1) is 32.8. The molecule has 368 valence electrons. The minimum atomic E-state index is -0.461. The van der Waals surface area contributed by atoms with Gasteiger partial charge in [-0.3, -0.25) is 23.3 Å². The van der Waals surface area contributed by atoms with E-state index in [1.54, 1.807) is 79.6 Å². The fourth-order valence-corrected chi connectivity index (χ4v) is 7.53. The van der Waals surface area contributed by atoms with Gasteiger partial charge in [-0.15, -0.1) is 0 Å². The fraction of sp³-hybridized carbons (Fsp3) is 0.320. The number of halogens is 2. The molecule has 2 aliphatic rings. The summed E-state index contributed by atoms with van der Waals surface area (Å²) < 4.78 is 53.8. The highest BCUT2D eigenvalue weighted by atomic mass is 19.1. The van der Waals surface area contributed by atoms with E-state index in [1.165, 1.54) is 30.3 Å². The smallest absolute Gasteiger partial charge is 0.293 e. The number of aromatic nitrogens is 8. The van der Waals surface area contributed by atoms with E-state index in [0.717, 1.165) is 63.7 Å². The molecule has 3 N–H and O–H groups in total. The van der Waals surface area contributed by atoms with Gasteiger partial charge in [0.1, 0.15) is 11.6 Å². The Morgan fingerprint density at radius 1 is 0.700 bits per heavy atom. The third-order valence-corrected chi connectivity index (χ3v) is 11.0. The molecule has 1 unspecified atom stereocenters. The molecule has 6 aromatic heterocycles. The fourth-order valence-electron chi connectivity index (χ4n) is 7.53. The van der Waals surface area contributed by atoms with Crippen molar-refractivity contribution in [1.29, 1.82) is 0 Å². The molecule has 0 radical (unpaired) electrons. The van der Waals surface area contributed by atoms with Crippen molar-refractivity contribution in [3.05, 3.63) is 138 Å². The van der Waals surface area contributed by atoms with Crippen molar-refractivity contribution in [2.75, 3.05) is 63.2 Å². The average Bonchev–Trinajstić information content (AvgIpc) is 4.14. The molecule has 70 heavy (non-hydrogen) atoms. The summed E-state index contributed by atoms with van der Waals surface area (Å²) in [6.45, 7) is 19.6. The maximum atomic E-state index is 14.7. The molecule has 18 nitrogen and oxygen atoms in total. The van der Waals surface area contributed by atoms with E-state index in [4.69, 9.17) is 18.3 Å². The number of carbonyl (C=O) groups is 2. The topological polar surface area (TPSA) is 204 Å². The van der Waals surface area contributed by atoms with Crippen molar-refractivity contribution >= 4 is 40.8 Å². The van der Waals surface area contributed by atoms with Gasteiger partial charge in [-0.2, -0.15) is 0 Å². The zero-order valence-electron chi connectivity index (χ0n) is 38.2. The Kier molecular flexibility index (Phi) is 17.2. The van der Waals surface area contributed by atoms with Crippen molar-refractivity contribution < 1.29 is 36.7 Å². The van der Waals surface area contributed by atoms with Crippen molar-refractivity contribution in [1.82, 2.24) is 48.9 Å². The van der Waals surface area contributed by atoms with Crippen LogP contribution in [-0.4, -0.2) is 108 Å². The van der Waals surface area contributed by atoms with Gasteiger partial charge in [0.2, 0.25) is 23.1 Å². The van der Waals surface area contributed by atoms with Gasteiger partial charge in [0, 0.05) is 117 Å². The molecule has 0 bridgehead atoms. The van der Waals surface area contributed by atoms with E-state index in [-0.39, 0.29) is 43.5 Å². The van der Waals surface area contributed by atoms with Gasteiger partial charge < -0.3 is 34.3 Å². The van der Waals surface area contributed by atoms with E-state index < -0.39 is 23.4 Å². The molecule has 1 atom stereocenters. The highest BCUT2D eigenvalue weighted by Gasteiger charge is 2.22. The zero-order chi connectivity index (χ0) is 47.9. The maximum Gasteiger partial charge on any atom is 0.293 e. The molecule has 20 heteroatoms. The molecule has 10 rings (SSSR count). The average molecular weight is 961 g/mol. The third-order valence-electron chi connectivity index (χ3n) is 11.0. The molecule has 2 saturated heterocycles. The van der Waals surface area contributed by atoms with Gasteiger partial charge in [-0.05, 0) is 57.2 Å². The van der Waals surface area contributed by atoms with Crippen molar-refractivity contribution in [2.24, 2.45) is 0 Å². The van der Waals surface area contributed by atoms with Crippen molar-refractivity contribution in [3.8, 4) is 22.5 Å². The second-order valence-electron chi connectivity index (χ2n) is 15.9. The first-order valence-corrected chi connectivity index (χ1v) is 21.9. The lowest BCUT2D eigenvalue weighted by atomic mass is 10.1. The molecule has 2 aliphatic heterocycles. The maximum absolute atomic E-state index is 14.7. The van der Waals surface area contributed by atoms with Crippen LogP contribution in [-0.2, 0) is 9.47 Å². The number of nitrogens with one attached hydrogen (secondary N) is 3. The predicted molar refractivity (Wildman–Crippen MR) is 263 cm³/mol. The number of fused-ring (bicyclic) bond motifs is 2. The molecular formula is C50H58F2N12O6. The Bertz CT molecular complexity index is 3080. The first-order valence-electron chi connectivity index (χ1n) is 21.9.